The van der Waals surface area contributed by atoms with Crippen molar-refractivity contribution in [3.05, 3.63) is 35.4 Å². The molecule has 0 saturated carbocycles. The molecule has 1 atom stereocenters. The Morgan fingerprint density at radius 3 is 2.68 bits per heavy atom. The lowest BCUT2D eigenvalue weighted by atomic mass is 9.86. The molecule has 0 bridgehead atoms. The summed E-state index contributed by atoms with van der Waals surface area (Å²) in [6.07, 6.45) is 2.82. The molecule has 0 amide bonds. The number of ether oxygens (including phenoxy) is 1. The van der Waals surface area contributed by atoms with Crippen LogP contribution in [0.5, 0.6) is 0 Å². The van der Waals surface area contributed by atoms with Gasteiger partial charge in [0.1, 0.15) is 11.6 Å². The van der Waals surface area contributed by atoms with Crippen molar-refractivity contribution in [3.8, 4) is 0 Å². The van der Waals surface area contributed by atoms with Crippen LogP contribution in [0.15, 0.2) is 18.2 Å². The van der Waals surface area contributed by atoms with E-state index in [0.717, 1.165) is 45.1 Å². The Morgan fingerprint density at radius 1 is 1.32 bits per heavy atom. The van der Waals surface area contributed by atoms with Crippen molar-refractivity contribution in [3.63, 3.8) is 0 Å². The second-order valence-electron chi connectivity index (χ2n) is 5.05. The van der Waals surface area contributed by atoms with Crippen LogP contribution in [0.2, 0.25) is 0 Å². The van der Waals surface area contributed by atoms with E-state index in [1.807, 2.05) is 0 Å². The second kappa shape index (κ2) is 6.96. The number of hydrogen-bond donors (Lipinski definition) is 1. The molecule has 2 rings (SSSR count). The molecule has 0 aliphatic carbocycles. The molecule has 106 valence electrons. The molecule has 1 aliphatic heterocycles. The Morgan fingerprint density at radius 2 is 2.05 bits per heavy atom. The quantitative estimate of drug-likeness (QED) is 0.884. The van der Waals surface area contributed by atoms with Gasteiger partial charge in [0.2, 0.25) is 0 Å². The number of rotatable bonds is 5. The maximum atomic E-state index is 14.0. The summed E-state index contributed by atoms with van der Waals surface area (Å²) < 4.78 is 32.4. The van der Waals surface area contributed by atoms with Crippen LogP contribution in [0.25, 0.3) is 0 Å². The molecule has 0 radical (unpaired) electrons. The third-order valence-corrected chi connectivity index (χ3v) is 3.65. The fourth-order valence-corrected chi connectivity index (χ4v) is 2.63. The smallest absolute Gasteiger partial charge is 0.130 e. The van der Waals surface area contributed by atoms with Gasteiger partial charge in [0, 0.05) is 30.9 Å². The van der Waals surface area contributed by atoms with E-state index < -0.39 is 11.6 Å². The lowest BCUT2D eigenvalue weighted by Gasteiger charge is -2.31. The largest absolute Gasteiger partial charge is 0.381 e. The van der Waals surface area contributed by atoms with Crippen molar-refractivity contribution in [2.24, 2.45) is 5.92 Å². The van der Waals surface area contributed by atoms with Gasteiger partial charge in [0.15, 0.2) is 0 Å². The Balaban J connectivity index is 2.19. The number of benzene rings is 1. The summed E-state index contributed by atoms with van der Waals surface area (Å²) in [5, 5.41) is 3.40. The predicted octanol–water partition coefficient (Wildman–Crippen LogP) is 3.43. The summed E-state index contributed by atoms with van der Waals surface area (Å²) in [6.45, 7) is 4.35. The topological polar surface area (TPSA) is 21.3 Å². The second-order valence-corrected chi connectivity index (χ2v) is 5.05. The first-order valence-electron chi connectivity index (χ1n) is 6.98. The summed E-state index contributed by atoms with van der Waals surface area (Å²) in [5.74, 6) is -0.636. The van der Waals surface area contributed by atoms with Gasteiger partial charge in [-0.1, -0.05) is 13.0 Å². The Kier molecular flexibility index (Phi) is 5.28. The summed E-state index contributed by atoms with van der Waals surface area (Å²) in [5.41, 5.74) is 0.571. The van der Waals surface area contributed by atoms with Crippen LogP contribution < -0.4 is 5.32 Å². The highest BCUT2D eigenvalue weighted by atomic mass is 19.1. The fourth-order valence-electron chi connectivity index (χ4n) is 2.63. The molecule has 1 aromatic rings. The first kappa shape index (κ1) is 14.4. The summed E-state index contributed by atoms with van der Waals surface area (Å²) in [7, 11) is 0. The van der Waals surface area contributed by atoms with E-state index in [2.05, 4.69) is 12.2 Å². The van der Waals surface area contributed by atoms with Gasteiger partial charge >= 0.3 is 0 Å². The summed E-state index contributed by atoms with van der Waals surface area (Å²) in [4.78, 5) is 0. The zero-order valence-electron chi connectivity index (χ0n) is 11.3. The van der Waals surface area contributed by atoms with E-state index in [-0.39, 0.29) is 6.04 Å². The molecule has 1 aliphatic rings. The van der Waals surface area contributed by atoms with Crippen molar-refractivity contribution in [2.45, 2.75) is 32.2 Å². The van der Waals surface area contributed by atoms with Gasteiger partial charge in [-0.3, -0.25) is 0 Å². The van der Waals surface area contributed by atoms with E-state index in [4.69, 9.17) is 4.74 Å². The van der Waals surface area contributed by atoms with E-state index in [9.17, 15) is 8.78 Å². The SMILES string of the molecule is CCCNC(c1ccc(F)cc1F)C1CCOCC1. The third-order valence-electron chi connectivity index (χ3n) is 3.65. The number of halogens is 2. The van der Waals surface area contributed by atoms with Crippen LogP contribution in [0.4, 0.5) is 8.78 Å². The standard InChI is InChI=1S/C15H21F2NO/c1-2-7-18-15(11-5-8-19-9-6-11)13-4-3-12(16)10-14(13)17/h3-4,10-11,15,18H,2,5-9H2,1H3. The molecule has 0 aromatic heterocycles. The maximum Gasteiger partial charge on any atom is 0.130 e. The fraction of sp³-hybridized carbons (Fsp3) is 0.600. The van der Waals surface area contributed by atoms with Crippen LogP contribution in [-0.4, -0.2) is 19.8 Å². The normalized spacial score (nSPS) is 18.5. The van der Waals surface area contributed by atoms with Crippen LogP contribution in [-0.2, 0) is 4.74 Å². The van der Waals surface area contributed by atoms with Crippen molar-refractivity contribution in [2.75, 3.05) is 19.8 Å². The molecule has 0 spiro atoms. The van der Waals surface area contributed by atoms with Crippen molar-refractivity contribution < 1.29 is 13.5 Å². The van der Waals surface area contributed by atoms with Gasteiger partial charge in [0.25, 0.3) is 0 Å². The first-order chi connectivity index (χ1) is 9.22. The van der Waals surface area contributed by atoms with Crippen LogP contribution in [0.3, 0.4) is 0 Å². The van der Waals surface area contributed by atoms with E-state index >= 15 is 0 Å². The van der Waals surface area contributed by atoms with E-state index in [0.29, 0.717) is 11.5 Å². The third kappa shape index (κ3) is 3.74. The highest BCUT2D eigenvalue weighted by Crippen LogP contribution is 2.31. The summed E-state index contributed by atoms with van der Waals surface area (Å²) in [6, 6.07) is 3.81. The van der Waals surface area contributed by atoms with E-state index in [1.54, 1.807) is 6.07 Å². The average Bonchev–Trinajstić information content (AvgIpc) is 2.42. The van der Waals surface area contributed by atoms with Gasteiger partial charge in [-0.25, -0.2) is 8.78 Å². The Bertz CT molecular complexity index is 405. The van der Waals surface area contributed by atoms with Crippen LogP contribution in [0.1, 0.15) is 37.8 Å². The minimum Gasteiger partial charge on any atom is -0.381 e. The van der Waals surface area contributed by atoms with Crippen LogP contribution in [0, 0.1) is 17.6 Å². The average molecular weight is 269 g/mol. The molecule has 1 aromatic carbocycles. The monoisotopic (exact) mass is 269 g/mol. The predicted molar refractivity (Wildman–Crippen MR) is 70.9 cm³/mol. The molecule has 1 unspecified atom stereocenters. The Labute approximate surface area is 113 Å². The number of hydrogen-bond acceptors (Lipinski definition) is 2. The zero-order valence-corrected chi connectivity index (χ0v) is 11.3. The molecular formula is C15H21F2NO. The lowest BCUT2D eigenvalue weighted by molar-refractivity contribution is 0.0531. The molecule has 1 fully saturated rings. The maximum absolute atomic E-state index is 14.0. The molecule has 2 nitrogen and oxygen atoms in total. The molecular weight excluding hydrogens is 248 g/mol. The minimum absolute atomic E-state index is 0.0514. The van der Waals surface area contributed by atoms with Crippen molar-refractivity contribution in [1.29, 1.82) is 0 Å². The first-order valence-corrected chi connectivity index (χ1v) is 6.98. The molecule has 4 heteroatoms. The molecule has 19 heavy (non-hydrogen) atoms. The Hall–Kier alpha value is -1.00. The van der Waals surface area contributed by atoms with Crippen molar-refractivity contribution >= 4 is 0 Å². The highest BCUT2D eigenvalue weighted by Gasteiger charge is 2.27. The highest BCUT2D eigenvalue weighted by molar-refractivity contribution is 5.23. The van der Waals surface area contributed by atoms with Gasteiger partial charge < -0.3 is 10.1 Å². The van der Waals surface area contributed by atoms with Crippen LogP contribution >= 0.6 is 0 Å². The molecule has 1 N–H and O–H groups in total. The van der Waals surface area contributed by atoms with Gasteiger partial charge in [-0.2, -0.15) is 0 Å². The molecule has 1 saturated heterocycles. The zero-order chi connectivity index (χ0) is 13.7. The minimum atomic E-state index is -0.525. The van der Waals surface area contributed by atoms with Gasteiger partial charge in [-0.15, -0.1) is 0 Å². The van der Waals surface area contributed by atoms with Gasteiger partial charge in [0.05, 0.1) is 0 Å². The summed E-state index contributed by atoms with van der Waals surface area (Å²) >= 11 is 0. The number of nitrogens with one attached hydrogen (secondary N) is 1. The van der Waals surface area contributed by atoms with Crippen molar-refractivity contribution in [1.82, 2.24) is 5.32 Å². The lowest BCUT2D eigenvalue weighted by Crippen LogP contribution is -2.33. The van der Waals surface area contributed by atoms with E-state index in [1.165, 1.54) is 6.07 Å². The molecule has 1 heterocycles. The van der Waals surface area contributed by atoms with Gasteiger partial charge in [-0.05, 0) is 37.8 Å².